The quantitative estimate of drug-likeness (QED) is 0.333. The summed E-state index contributed by atoms with van der Waals surface area (Å²) in [5.74, 6) is 0.755. The summed E-state index contributed by atoms with van der Waals surface area (Å²) in [5.41, 5.74) is 8.10. The smallest absolute Gasteiger partial charge is 0.324 e. The van der Waals surface area contributed by atoms with Gasteiger partial charge in [-0.05, 0) is 48.4 Å². The second-order valence-electron chi connectivity index (χ2n) is 9.92. The van der Waals surface area contributed by atoms with E-state index >= 15 is 0 Å². The van der Waals surface area contributed by atoms with Crippen molar-refractivity contribution in [2.24, 2.45) is 5.73 Å². The summed E-state index contributed by atoms with van der Waals surface area (Å²) < 4.78 is 5.67. The van der Waals surface area contributed by atoms with Gasteiger partial charge >= 0.3 is 6.03 Å². The fourth-order valence-corrected chi connectivity index (χ4v) is 4.19. The van der Waals surface area contributed by atoms with Gasteiger partial charge in [-0.25, -0.2) is 9.78 Å². The molecule has 0 bridgehead atoms. The molecule has 2 heterocycles. The minimum Gasteiger partial charge on any atom is -0.484 e. The Bertz CT molecular complexity index is 1290. The Labute approximate surface area is 227 Å². The highest BCUT2D eigenvalue weighted by Gasteiger charge is 2.20. The summed E-state index contributed by atoms with van der Waals surface area (Å²) in [6, 6.07) is 14.3. The highest BCUT2D eigenvalue weighted by atomic mass is 16.5. The van der Waals surface area contributed by atoms with Crippen molar-refractivity contribution in [3.63, 3.8) is 0 Å². The van der Waals surface area contributed by atoms with Crippen LogP contribution in [0.25, 0.3) is 0 Å². The number of amides is 4. The molecule has 5 N–H and O–H groups in total. The number of nitrogens with one attached hydrogen (secondary N) is 3. The van der Waals surface area contributed by atoms with Crippen molar-refractivity contribution in [3.05, 3.63) is 71.2 Å². The third-order valence-corrected chi connectivity index (χ3v) is 6.57. The van der Waals surface area contributed by atoms with Gasteiger partial charge in [0.25, 0.3) is 11.8 Å². The lowest BCUT2D eigenvalue weighted by Gasteiger charge is -2.32. The monoisotopic (exact) mass is 533 g/mol. The van der Waals surface area contributed by atoms with Crippen molar-refractivity contribution in [1.29, 1.82) is 0 Å². The summed E-state index contributed by atoms with van der Waals surface area (Å²) in [6.07, 6.45) is 0.362. The van der Waals surface area contributed by atoms with Crippen molar-refractivity contribution in [2.75, 3.05) is 50.5 Å². The Balaban J connectivity index is 1.33. The van der Waals surface area contributed by atoms with Gasteiger partial charge in [0.2, 0.25) is 0 Å². The first-order chi connectivity index (χ1) is 18.7. The van der Waals surface area contributed by atoms with Gasteiger partial charge < -0.3 is 30.6 Å². The SMILES string of the molecule is CC(C)c1ccc(NC(=O)Nc2[nH]c(Cc3ccc(OCC(=O)N4CCN(C)CC4)cc3)nc2C(N)=O)cc1. The number of urea groups is 1. The number of piperazine rings is 1. The number of likely N-dealkylation sites (N-methyl/N-ethyl adjacent to an activating group) is 1. The topological polar surface area (TPSA) is 146 Å². The van der Waals surface area contributed by atoms with Gasteiger partial charge in [-0.3, -0.25) is 14.9 Å². The number of hydrogen-bond donors (Lipinski definition) is 4. The highest BCUT2D eigenvalue weighted by Crippen LogP contribution is 2.20. The second-order valence-corrected chi connectivity index (χ2v) is 9.92. The van der Waals surface area contributed by atoms with E-state index in [9.17, 15) is 14.4 Å². The number of nitrogens with two attached hydrogens (primary N) is 1. The number of H-pyrrole nitrogens is 1. The average molecular weight is 534 g/mol. The maximum atomic E-state index is 12.5. The number of rotatable bonds is 9. The molecule has 39 heavy (non-hydrogen) atoms. The Morgan fingerprint density at radius 3 is 2.28 bits per heavy atom. The fraction of sp³-hybridized carbons (Fsp3) is 0.357. The molecule has 3 aromatic rings. The molecule has 206 valence electrons. The fourth-order valence-electron chi connectivity index (χ4n) is 4.19. The van der Waals surface area contributed by atoms with E-state index in [0.29, 0.717) is 42.7 Å². The molecule has 4 amide bonds. The van der Waals surface area contributed by atoms with Gasteiger partial charge in [0, 0.05) is 38.3 Å². The molecule has 11 heteroatoms. The van der Waals surface area contributed by atoms with Crippen LogP contribution in [0.3, 0.4) is 0 Å². The maximum Gasteiger partial charge on any atom is 0.324 e. The lowest BCUT2D eigenvalue weighted by Crippen LogP contribution is -2.48. The second kappa shape index (κ2) is 12.4. The third-order valence-electron chi connectivity index (χ3n) is 6.57. The van der Waals surface area contributed by atoms with Gasteiger partial charge in [-0.15, -0.1) is 0 Å². The van der Waals surface area contributed by atoms with Gasteiger partial charge in [0.05, 0.1) is 0 Å². The minimum atomic E-state index is -0.761. The van der Waals surface area contributed by atoms with Gasteiger partial charge in [0.15, 0.2) is 12.3 Å². The number of nitrogens with zero attached hydrogens (tertiary/aromatic N) is 3. The zero-order valence-electron chi connectivity index (χ0n) is 22.5. The largest absolute Gasteiger partial charge is 0.484 e. The molecule has 1 aliphatic rings. The molecule has 11 nitrogen and oxygen atoms in total. The standard InChI is InChI=1S/C28H35N7O4/c1-18(2)20-6-8-21(9-7-20)30-28(38)33-27-25(26(29)37)31-23(32-27)16-19-4-10-22(11-5-19)39-17-24(36)35-14-12-34(3)13-15-35/h4-11,18H,12-17H2,1-3H3,(H2,29,37)(H,31,32)(H2,30,33,38). The Morgan fingerprint density at radius 2 is 1.67 bits per heavy atom. The number of ether oxygens (including phenoxy) is 1. The molecule has 0 atom stereocenters. The van der Waals surface area contributed by atoms with Gasteiger partial charge in [-0.1, -0.05) is 38.1 Å². The van der Waals surface area contributed by atoms with E-state index in [2.05, 4.69) is 39.3 Å². The normalized spacial score (nSPS) is 13.8. The minimum absolute atomic E-state index is 0.0117. The van der Waals surface area contributed by atoms with Crippen LogP contribution in [0.2, 0.25) is 0 Å². The molecule has 1 fully saturated rings. The molecule has 1 aliphatic heterocycles. The number of carbonyl (C=O) groups excluding carboxylic acids is 3. The van der Waals surface area contributed by atoms with Crippen LogP contribution in [-0.2, 0) is 11.2 Å². The first-order valence-corrected chi connectivity index (χ1v) is 12.9. The Hall–Kier alpha value is -4.38. The van der Waals surface area contributed by atoms with Crippen LogP contribution in [0, 0.1) is 0 Å². The lowest BCUT2D eigenvalue weighted by atomic mass is 10.0. The molecule has 0 aliphatic carbocycles. The highest BCUT2D eigenvalue weighted by molar-refractivity contribution is 6.04. The Morgan fingerprint density at radius 1 is 1.00 bits per heavy atom. The summed E-state index contributed by atoms with van der Waals surface area (Å²) in [4.78, 5) is 48.1. The zero-order chi connectivity index (χ0) is 27.9. The van der Waals surface area contributed by atoms with Crippen molar-refractivity contribution < 1.29 is 19.1 Å². The molecule has 1 saturated heterocycles. The van der Waals surface area contributed by atoms with Crippen LogP contribution in [-0.4, -0.2) is 77.4 Å². The first kappa shape index (κ1) is 27.6. The number of benzene rings is 2. The number of anilines is 2. The Kier molecular flexibility index (Phi) is 8.82. The number of aromatic amines is 1. The molecule has 0 unspecified atom stereocenters. The molecule has 0 radical (unpaired) electrons. The molecule has 2 aromatic carbocycles. The van der Waals surface area contributed by atoms with Crippen molar-refractivity contribution in [1.82, 2.24) is 19.8 Å². The van der Waals surface area contributed by atoms with E-state index in [1.807, 2.05) is 48.3 Å². The van der Waals surface area contributed by atoms with Gasteiger partial charge in [-0.2, -0.15) is 0 Å². The zero-order valence-corrected chi connectivity index (χ0v) is 22.5. The van der Waals surface area contributed by atoms with Crippen LogP contribution in [0.5, 0.6) is 5.75 Å². The average Bonchev–Trinajstić information content (AvgIpc) is 3.30. The third kappa shape index (κ3) is 7.57. The first-order valence-electron chi connectivity index (χ1n) is 12.9. The molecule has 0 spiro atoms. The van der Waals surface area contributed by atoms with E-state index < -0.39 is 11.9 Å². The molecule has 1 aromatic heterocycles. The van der Waals surface area contributed by atoms with Crippen molar-refractivity contribution in [3.8, 4) is 5.75 Å². The number of imidazole rings is 1. The number of carbonyl (C=O) groups is 3. The van der Waals surface area contributed by atoms with E-state index in [0.717, 1.165) is 24.2 Å². The number of aromatic nitrogens is 2. The molecular formula is C28H35N7O4. The lowest BCUT2D eigenvalue weighted by molar-refractivity contribution is -0.134. The van der Waals surface area contributed by atoms with Crippen LogP contribution < -0.4 is 21.1 Å². The molecule has 0 saturated carbocycles. The summed E-state index contributed by atoms with van der Waals surface area (Å²) in [5, 5.41) is 5.36. The molecular weight excluding hydrogens is 498 g/mol. The van der Waals surface area contributed by atoms with E-state index in [1.54, 1.807) is 12.1 Å². The van der Waals surface area contributed by atoms with Crippen LogP contribution in [0.4, 0.5) is 16.3 Å². The van der Waals surface area contributed by atoms with Crippen LogP contribution >= 0.6 is 0 Å². The van der Waals surface area contributed by atoms with Crippen molar-refractivity contribution >= 4 is 29.4 Å². The van der Waals surface area contributed by atoms with E-state index in [-0.39, 0.29) is 24.0 Å². The summed E-state index contributed by atoms with van der Waals surface area (Å²) in [6.45, 7) is 7.31. The summed E-state index contributed by atoms with van der Waals surface area (Å²) >= 11 is 0. The predicted molar refractivity (Wildman–Crippen MR) is 149 cm³/mol. The van der Waals surface area contributed by atoms with E-state index in [4.69, 9.17) is 10.5 Å². The number of primary amides is 1. The maximum absolute atomic E-state index is 12.5. The summed E-state index contributed by atoms with van der Waals surface area (Å²) in [7, 11) is 2.04. The van der Waals surface area contributed by atoms with Crippen LogP contribution in [0.1, 0.15) is 47.2 Å². The van der Waals surface area contributed by atoms with Gasteiger partial charge in [0.1, 0.15) is 17.4 Å². The van der Waals surface area contributed by atoms with Crippen LogP contribution in [0.15, 0.2) is 48.5 Å². The van der Waals surface area contributed by atoms with Crippen molar-refractivity contribution in [2.45, 2.75) is 26.2 Å². The predicted octanol–water partition coefficient (Wildman–Crippen LogP) is 3.02. The molecule has 4 rings (SSSR count). The number of hydrogen-bond acceptors (Lipinski definition) is 6. The van der Waals surface area contributed by atoms with E-state index in [1.165, 1.54) is 0 Å².